The third-order valence-electron chi connectivity index (χ3n) is 3.05. The lowest BCUT2D eigenvalue weighted by molar-refractivity contribution is -0.140. The Morgan fingerprint density at radius 1 is 1.24 bits per heavy atom. The molecule has 0 atom stereocenters. The average molecular weight is 299 g/mol. The zero-order chi connectivity index (χ0) is 15.5. The summed E-state index contributed by atoms with van der Waals surface area (Å²) < 4.78 is 44.8. The highest BCUT2D eigenvalue weighted by Gasteiger charge is 2.34. The molecule has 0 saturated carbocycles. The van der Waals surface area contributed by atoms with Gasteiger partial charge in [-0.15, -0.1) is 0 Å². The molecule has 2 rings (SSSR count). The molecule has 0 radical (unpaired) electrons. The maximum atomic E-state index is 12.8. The van der Waals surface area contributed by atoms with Crippen LogP contribution in [-0.4, -0.2) is 23.3 Å². The number of alkyl halides is 3. The SMILES string of the molecule is COCCn1cc(C(F)(F)F)nc1-c1ccc(CN)cc1. The second kappa shape index (κ2) is 6.28. The minimum absolute atomic E-state index is 0.267. The summed E-state index contributed by atoms with van der Waals surface area (Å²) >= 11 is 0. The number of nitrogens with zero attached hydrogens (tertiary/aromatic N) is 2. The van der Waals surface area contributed by atoms with Gasteiger partial charge in [-0.3, -0.25) is 0 Å². The minimum atomic E-state index is -4.47. The molecule has 2 N–H and O–H groups in total. The van der Waals surface area contributed by atoms with Crippen molar-refractivity contribution in [3.05, 3.63) is 41.7 Å². The van der Waals surface area contributed by atoms with E-state index in [1.54, 1.807) is 24.3 Å². The van der Waals surface area contributed by atoms with E-state index in [2.05, 4.69) is 4.98 Å². The topological polar surface area (TPSA) is 53.1 Å². The molecule has 0 aliphatic rings. The molecule has 0 spiro atoms. The fourth-order valence-electron chi connectivity index (χ4n) is 1.93. The Hall–Kier alpha value is -1.86. The van der Waals surface area contributed by atoms with Crippen molar-refractivity contribution < 1.29 is 17.9 Å². The number of benzene rings is 1. The van der Waals surface area contributed by atoms with E-state index in [9.17, 15) is 13.2 Å². The van der Waals surface area contributed by atoms with Crippen molar-refractivity contribution in [1.29, 1.82) is 0 Å². The zero-order valence-corrected chi connectivity index (χ0v) is 11.5. The number of halogens is 3. The number of imidazole rings is 1. The highest BCUT2D eigenvalue weighted by molar-refractivity contribution is 5.56. The first-order valence-corrected chi connectivity index (χ1v) is 6.38. The first kappa shape index (κ1) is 15.5. The number of rotatable bonds is 5. The second-order valence-electron chi connectivity index (χ2n) is 4.53. The van der Waals surface area contributed by atoms with Crippen LogP contribution < -0.4 is 5.73 Å². The van der Waals surface area contributed by atoms with Crippen LogP contribution in [0.4, 0.5) is 13.2 Å². The fraction of sp³-hybridized carbons (Fsp3) is 0.357. The van der Waals surface area contributed by atoms with E-state index in [-0.39, 0.29) is 5.82 Å². The molecule has 7 heteroatoms. The van der Waals surface area contributed by atoms with Crippen molar-refractivity contribution in [2.45, 2.75) is 19.3 Å². The van der Waals surface area contributed by atoms with Gasteiger partial charge in [0.25, 0.3) is 0 Å². The molecule has 2 aromatic rings. The van der Waals surface area contributed by atoms with E-state index in [1.165, 1.54) is 11.7 Å². The molecule has 0 aliphatic heterocycles. The Labute approximate surface area is 120 Å². The van der Waals surface area contributed by atoms with Gasteiger partial charge in [0.05, 0.1) is 6.61 Å². The van der Waals surface area contributed by atoms with E-state index >= 15 is 0 Å². The Morgan fingerprint density at radius 2 is 1.90 bits per heavy atom. The van der Waals surface area contributed by atoms with Crippen molar-refractivity contribution in [3.63, 3.8) is 0 Å². The van der Waals surface area contributed by atoms with Crippen molar-refractivity contribution in [2.75, 3.05) is 13.7 Å². The van der Waals surface area contributed by atoms with Crippen LogP contribution in [0, 0.1) is 0 Å². The molecular formula is C14H16F3N3O. The van der Waals surface area contributed by atoms with Gasteiger partial charge in [-0.1, -0.05) is 24.3 Å². The van der Waals surface area contributed by atoms with Crippen molar-refractivity contribution >= 4 is 0 Å². The maximum Gasteiger partial charge on any atom is 0.434 e. The number of nitrogens with two attached hydrogens (primary N) is 1. The molecule has 1 aromatic carbocycles. The van der Waals surface area contributed by atoms with Crippen molar-refractivity contribution in [1.82, 2.24) is 9.55 Å². The van der Waals surface area contributed by atoms with Crippen LogP contribution in [0.3, 0.4) is 0 Å². The molecule has 0 aliphatic carbocycles. The van der Waals surface area contributed by atoms with E-state index in [0.29, 0.717) is 25.3 Å². The van der Waals surface area contributed by atoms with E-state index in [0.717, 1.165) is 11.8 Å². The lowest BCUT2D eigenvalue weighted by Crippen LogP contribution is -2.06. The lowest BCUT2D eigenvalue weighted by atomic mass is 10.1. The third-order valence-corrected chi connectivity index (χ3v) is 3.05. The summed E-state index contributed by atoms with van der Waals surface area (Å²) in [6.45, 7) is 0.987. The summed E-state index contributed by atoms with van der Waals surface area (Å²) in [4.78, 5) is 3.71. The van der Waals surface area contributed by atoms with Gasteiger partial charge in [0.15, 0.2) is 5.69 Å². The van der Waals surface area contributed by atoms with Crippen LogP contribution in [0.25, 0.3) is 11.4 Å². The quantitative estimate of drug-likeness (QED) is 0.923. The third kappa shape index (κ3) is 3.62. The first-order chi connectivity index (χ1) is 9.95. The Kier molecular flexibility index (Phi) is 4.64. The number of methoxy groups -OCH3 is 1. The van der Waals surface area contributed by atoms with Crippen LogP contribution in [0.2, 0.25) is 0 Å². The highest BCUT2D eigenvalue weighted by Crippen LogP contribution is 2.31. The summed E-state index contributed by atoms with van der Waals surface area (Å²) in [6, 6.07) is 6.98. The van der Waals surface area contributed by atoms with Gasteiger partial charge in [-0.25, -0.2) is 4.98 Å². The number of hydrogen-bond donors (Lipinski definition) is 1. The Bertz CT molecular complexity index is 591. The summed E-state index contributed by atoms with van der Waals surface area (Å²) in [6.07, 6.45) is -3.46. The zero-order valence-electron chi connectivity index (χ0n) is 11.5. The normalized spacial score (nSPS) is 11.9. The Morgan fingerprint density at radius 3 is 2.43 bits per heavy atom. The molecule has 21 heavy (non-hydrogen) atoms. The van der Waals surface area contributed by atoms with Gasteiger partial charge in [0.1, 0.15) is 5.82 Å². The van der Waals surface area contributed by atoms with E-state index in [1.807, 2.05) is 0 Å². The van der Waals surface area contributed by atoms with Gasteiger partial charge >= 0.3 is 6.18 Å². The second-order valence-corrected chi connectivity index (χ2v) is 4.53. The van der Waals surface area contributed by atoms with Crippen LogP contribution in [0.5, 0.6) is 0 Å². The van der Waals surface area contributed by atoms with E-state index < -0.39 is 11.9 Å². The predicted molar refractivity (Wildman–Crippen MR) is 72.4 cm³/mol. The minimum Gasteiger partial charge on any atom is -0.383 e. The molecule has 0 fully saturated rings. The molecule has 1 aromatic heterocycles. The van der Waals surface area contributed by atoms with Gasteiger partial charge in [-0.05, 0) is 5.56 Å². The Balaban J connectivity index is 2.41. The van der Waals surface area contributed by atoms with Crippen LogP contribution in [0.15, 0.2) is 30.5 Å². The van der Waals surface area contributed by atoms with Crippen LogP contribution in [-0.2, 0) is 24.0 Å². The van der Waals surface area contributed by atoms with Gasteiger partial charge < -0.3 is 15.0 Å². The average Bonchev–Trinajstić information content (AvgIpc) is 2.89. The lowest BCUT2D eigenvalue weighted by Gasteiger charge is -2.07. The predicted octanol–water partition coefficient (Wildman–Crippen LogP) is 2.67. The molecular weight excluding hydrogens is 283 g/mol. The van der Waals surface area contributed by atoms with Gasteiger partial charge in [0, 0.05) is 32.0 Å². The standard InChI is InChI=1S/C14H16F3N3O/c1-21-7-6-20-9-12(14(15,16)17)19-13(20)11-4-2-10(8-18)3-5-11/h2-5,9H,6-8,18H2,1H3. The monoisotopic (exact) mass is 299 g/mol. The number of aromatic nitrogens is 2. The summed E-state index contributed by atoms with van der Waals surface area (Å²) in [5, 5.41) is 0. The molecule has 0 saturated heterocycles. The van der Waals surface area contributed by atoms with Crippen molar-refractivity contribution in [2.24, 2.45) is 5.73 Å². The number of ether oxygens (including phenoxy) is 1. The maximum absolute atomic E-state index is 12.8. The molecule has 114 valence electrons. The van der Waals surface area contributed by atoms with Crippen LogP contribution >= 0.6 is 0 Å². The summed E-state index contributed by atoms with van der Waals surface area (Å²) in [5.74, 6) is 0.267. The highest BCUT2D eigenvalue weighted by atomic mass is 19.4. The van der Waals surface area contributed by atoms with Gasteiger partial charge in [0.2, 0.25) is 0 Å². The molecule has 0 bridgehead atoms. The van der Waals surface area contributed by atoms with Crippen LogP contribution in [0.1, 0.15) is 11.3 Å². The van der Waals surface area contributed by atoms with Gasteiger partial charge in [-0.2, -0.15) is 13.2 Å². The largest absolute Gasteiger partial charge is 0.434 e. The summed E-state index contributed by atoms with van der Waals surface area (Å²) in [5.41, 5.74) is 6.12. The fourth-order valence-corrected chi connectivity index (χ4v) is 1.93. The molecule has 0 amide bonds. The number of hydrogen-bond acceptors (Lipinski definition) is 3. The summed E-state index contributed by atoms with van der Waals surface area (Å²) in [7, 11) is 1.50. The molecule has 1 heterocycles. The van der Waals surface area contributed by atoms with Crippen molar-refractivity contribution in [3.8, 4) is 11.4 Å². The molecule has 4 nitrogen and oxygen atoms in total. The smallest absolute Gasteiger partial charge is 0.383 e. The van der Waals surface area contributed by atoms with E-state index in [4.69, 9.17) is 10.5 Å². The first-order valence-electron chi connectivity index (χ1n) is 6.38. The molecule has 0 unspecified atom stereocenters.